The Balaban J connectivity index is 1.24. The van der Waals surface area contributed by atoms with Gasteiger partial charge in [0.15, 0.2) is 5.69 Å². The summed E-state index contributed by atoms with van der Waals surface area (Å²) in [5, 5.41) is 25.5. The van der Waals surface area contributed by atoms with Gasteiger partial charge in [0, 0.05) is 40.9 Å². The lowest BCUT2D eigenvalue weighted by Crippen LogP contribution is -2.33. The molecule has 5 rings (SSSR count). The number of fused-ring (bicyclic) bond motifs is 1. The number of nitrogens with zero attached hydrogens (tertiary/aromatic N) is 3. The van der Waals surface area contributed by atoms with Crippen molar-refractivity contribution in [3.05, 3.63) is 82.5 Å². The highest BCUT2D eigenvalue weighted by Crippen LogP contribution is 2.46. The maximum absolute atomic E-state index is 13.0. The molecule has 1 atom stereocenters. The number of aromatic nitrogens is 3. The van der Waals surface area contributed by atoms with Gasteiger partial charge in [-0.1, -0.05) is 46.6 Å². The lowest BCUT2D eigenvalue weighted by Gasteiger charge is -2.24. The zero-order valence-electron chi connectivity index (χ0n) is 23.2. The van der Waals surface area contributed by atoms with Crippen LogP contribution in [0.15, 0.2) is 59.9 Å². The van der Waals surface area contributed by atoms with E-state index in [1.807, 2.05) is 12.2 Å². The maximum atomic E-state index is 13.0. The molecule has 1 unspecified atom stereocenters. The van der Waals surface area contributed by atoms with Crippen LogP contribution in [0.2, 0.25) is 10.0 Å². The molecule has 2 N–H and O–H groups in total. The molecule has 0 aliphatic heterocycles. The van der Waals surface area contributed by atoms with Crippen LogP contribution in [0.5, 0.6) is 11.5 Å². The van der Waals surface area contributed by atoms with E-state index in [2.05, 4.69) is 26.4 Å². The number of pyridine rings is 2. The second kappa shape index (κ2) is 13.3. The van der Waals surface area contributed by atoms with E-state index in [0.29, 0.717) is 46.5 Å². The average molecular weight is 646 g/mol. The van der Waals surface area contributed by atoms with Crippen molar-refractivity contribution in [2.45, 2.75) is 50.2 Å². The van der Waals surface area contributed by atoms with Crippen molar-refractivity contribution in [3.8, 4) is 22.8 Å². The number of carbonyl (C=O) groups is 1. The number of aromatic carboxylic acids is 1. The Morgan fingerprint density at radius 2 is 1.98 bits per heavy atom. The van der Waals surface area contributed by atoms with Gasteiger partial charge in [-0.05, 0) is 50.3 Å². The van der Waals surface area contributed by atoms with E-state index in [1.165, 1.54) is 36.7 Å². The summed E-state index contributed by atoms with van der Waals surface area (Å²) in [4.78, 5) is 19.3. The van der Waals surface area contributed by atoms with Gasteiger partial charge in [0.1, 0.15) is 35.2 Å². The van der Waals surface area contributed by atoms with Crippen LogP contribution in [-0.4, -0.2) is 50.1 Å². The maximum Gasteiger partial charge on any atom is 0.387 e. The second-order valence-electron chi connectivity index (χ2n) is 10.3. The van der Waals surface area contributed by atoms with E-state index in [9.17, 15) is 23.8 Å². The summed E-state index contributed by atoms with van der Waals surface area (Å²) in [6.45, 7) is 0.399. The first-order valence-electron chi connectivity index (χ1n) is 13.7. The molecule has 9 nitrogen and oxygen atoms in total. The Morgan fingerprint density at radius 3 is 2.64 bits per heavy atom. The molecule has 44 heavy (non-hydrogen) atoms. The molecule has 3 aromatic heterocycles. The van der Waals surface area contributed by atoms with Gasteiger partial charge < -0.3 is 24.2 Å². The predicted octanol–water partition coefficient (Wildman–Crippen LogP) is 7.95. The summed E-state index contributed by atoms with van der Waals surface area (Å²) in [7, 11) is 0. The Kier molecular flexibility index (Phi) is 9.48. The van der Waals surface area contributed by atoms with Crippen molar-refractivity contribution in [1.82, 2.24) is 15.1 Å². The third-order valence-corrected chi connectivity index (χ3v) is 7.68. The van der Waals surface area contributed by atoms with E-state index in [1.54, 1.807) is 0 Å². The number of ether oxygens (including phenoxy) is 2. The highest BCUT2D eigenvalue weighted by molar-refractivity contribution is 6.39. The standard InChI is InChI=1S/C31H27Cl2F2N3O6/c1-2-31(41,16-42-18-9-10-23-20(12-18)25(43-30(34)35)13-24(37-23)29(39)40)11-5-3-4-6-19-27(38-44-28(19)17-7-8-17)26-21(32)14-36-15-22(26)33/h2,4,6,9-10,12-15,17,30,41H,1,3,5,7-8,11,16H2,(H,39,40)/b6-4+. The fourth-order valence-corrected chi connectivity index (χ4v) is 5.21. The van der Waals surface area contributed by atoms with Gasteiger partial charge in [-0.2, -0.15) is 8.78 Å². The van der Waals surface area contributed by atoms with Gasteiger partial charge >= 0.3 is 12.6 Å². The van der Waals surface area contributed by atoms with E-state index >= 15 is 0 Å². The molecule has 1 aliphatic rings. The molecule has 0 saturated heterocycles. The molecule has 0 spiro atoms. The molecule has 3 heterocycles. The molecule has 1 aromatic carbocycles. The SMILES string of the molecule is C=CC(O)(CCC/C=C/c1c(-c2c(Cl)cncc2Cl)noc1C1CC1)COc1ccc2nc(C(=O)O)cc(OC(F)F)c2c1. The molecule has 0 amide bonds. The largest absolute Gasteiger partial charge is 0.490 e. The normalized spacial score (nSPS) is 14.7. The second-order valence-corrected chi connectivity index (χ2v) is 11.1. The van der Waals surface area contributed by atoms with Crippen LogP contribution in [-0.2, 0) is 0 Å². The number of unbranched alkanes of at least 4 members (excludes halogenated alkanes) is 1. The monoisotopic (exact) mass is 645 g/mol. The number of carboxylic acids is 1. The Bertz CT molecular complexity index is 1710. The van der Waals surface area contributed by atoms with Crippen molar-refractivity contribution < 1.29 is 37.8 Å². The van der Waals surface area contributed by atoms with Crippen molar-refractivity contribution in [1.29, 1.82) is 0 Å². The number of aliphatic hydroxyl groups is 1. The number of benzene rings is 1. The van der Waals surface area contributed by atoms with E-state index in [0.717, 1.165) is 30.2 Å². The summed E-state index contributed by atoms with van der Waals surface area (Å²) in [5.74, 6) is -0.426. The fourth-order valence-electron chi connectivity index (χ4n) is 4.66. The van der Waals surface area contributed by atoms with E-state index in [4.69, 9.17) is 32.5 Å². The van der Waals surface area contributed by atoms with E-state index < -0.39 is 23.9 Å². The molecule has 0 bridgehead atoms. The third-order valence-electron chi connectivity index (χ3n) is 7.11. The molecular weight excluding hydrogens is 619 g/mol. The van der Waals surface area contributed by atoms with Crippen LogP contribution in [0.3, 0.4) is 0 Å². The third kappa shape index (κ3) is 7.18. The number of hydrogen-bond acceptors (Lipinski definition) is 8. The number of allylic oxidation sites excluding steroid dienone is 1. The summed E-state index contributed by atoms with van der Waals surface area (Å²) in [5.41, 5.74) is 0.205. The minimum Gasteiger partial charge on any atom is -0.490 e. The summed E-state index contributed by atoms with van der Waals surface area (Å²) >= 11 is 12.8. The Labute approximate surface area is 260 Å². The zero-order valence-corrected chi connectivity index (χ0v) is 24.7. The Hall–Kier alpha value is -4.06. The van der Waals surface area contributed by atoms with Gasteiger partial charge in [0.2, 0.25) is 0 Å². The molecular formula is C31H27Cl2F2N3O6. The van der Waals surface area contributed by atoms with Crippen LogP contribution in [0.25, 0.3) is 28.2 Å². The first-order chi connectivity index (χ1) is 21.1. The first kappa shape index (κ1) is 31.4. The number of hydrogen-bond donors (Lipinski definition) is 2. The molecule has 230 valence electrons. The highest BCUT2D eigenvalue weighted by Gasteiger charge is 2.32. The Morgan fingerprint density at radius 1 is 1.23 bits per heavy atom. The van der Waals surface area contributed by atoms with Gasteiger partial charge in [0.05, 0.1) is 15.6 Å². The van der Waals surface area contributed by atoms with Crippen LogP contribution < -0.4 is 9.47 Å². The lowest BCUT2D eigenvalue weighted by molar-refractivity contribution is -0.0489. The number of halogens is 4. The van der Waals surface area contributed by atoms with Gasteiger partial charge in [-0.15, -0.1) is 6.58 Å². The molecule has 4 aromatic rings. The van der Waals surface area contributed by atoms with Gasteiger partial charge in [0.25, 0.3) is 0 Å². The zero-order chi connectivity index (χ0) is 31.4. The van der Waals surface area contributed by atoms with Crippen LogP contribution in [0.4, 0.5) is 8.78 Å². The highest BCUT2D eigenvalue weighted by atomic mass is 35.5. The quantitative estimate of drug-likeness (QED) is 0.104. The van der Waals surface area contributed by atoms with Crippen molar-refractivity contribution in [2.24, 2.45) is 0 Å². The molecule has 13 heteroatoms. The van der Waals surface area contributed by atoms with Gasteiger partial charge in [-0.3, -0.25) is 4.98 Å². The number of alkyl halides is 2. The first-order valence-corrected chi connectivity index (χ1v) is 14.4. The summed E-state index contributed by atoms with van der Waals surface area (Å²) < 4.78 is 41.9. The van der Waals surface area contributed by atoms with Gasteiger partial charge in [-0.25, -0.2) is 9.78 Å². The summed E-state index contributed by atoms with van der Waals surface area (Å²) in [6, 6.07) is 5.24. The number of carboxylic acid groups (broad SMARTS) is 1. The van der Waals surface area contributed by atoms with Crippen LogP contribution in [0.1, 0.15) is 59.8 Å². The van der Waals surface area contributed by atoms with Crippen LogP contribution >= 0.6 is 23.2 Å². The van der Waals surface area contributed by atoms with Crippen molar-refractivity contribution >= 4 is 46.2 Å². The fraction of sp³-hybridized carbons (Fsp3) is 0.290. The van der Waals surface area contributed by atoms with E-state index in [-0.39, 0.29) is 29.0 Å². The smallest absolute Gasteiger partial charge is 0.387 e. The summed E-state index contributed by atoms with van der Waals surface area (Å²) in [6.07, 6.45) is 11.8. The van der Waals surface area contributed by atoms with Crippen molar-refractivity contribution in [3.63, 3.8) is 0 Å². The minimum absolute atomic E-state index is 0.132. The molecule has 0 radical (unpaired) electrons. The lowest BCUT2D eigenvalue weighted by atomic mass is 9.97. The van der Waals surface area contributed by atoms with Crippen LogP contribution in [0, 0.1) is 0 Å². The number of rotatable bonds is 14. The molecule has 1 saturated carbocycles. The average Bonchev–Trinajstić information content (AvgIpc) is 3.75. The molecule has 1 fully saturated rings. The van der Waals surface area contributed by atoms with Crippen molar-refractivity contribution in [2.75, 3.05) is 6.61 Å². The predicted molar refractivity (Wildman–Crippen MR) is 161 cm³/mol. The molecule has 1 aliphatic carbocycles. The topological polar surface area (TPSA) is 128 Å². The minimum atomic E-state index is -3.17.